The molecule has 2 aromatic carbocycles. The Bertz CT molecular complexity index is 866. The van der Waals surface area contributed by atoms with Crippen molar-refractivity contribution in [3.05, 3.63) is 53.8 Å². The molecule has 0 bridgehead atoms. The topological polar surface area (TPSA) is 84.5 Å². The monoisotopic (exact) mass is 350 g/mol. The first-order chi connectivity index (χ1) is 11.4. The van der Waals surface area contributed by atoms with E-state index in [2.05, 4.69) is 10.0 Å². The fourth-order valence-electron chi connectivity index (χ4n) is 2.33. The minimum atomic E-state index is -3.69. The first kappa shape index (κ1) is 16.4. The Kier molecular flexibility index (Phi) is 4.50. The second-order valence-electron chi connectivity index (χ2n) is 5.24. The summed E-state index contributed by atoms with van der Waals surface area (Å²) < 4.78 is 45.0. The highest BCUT2D eigenvalue weighted by Gasteiger charge is 2.21. The summed E-state index contributed by atoms with van der Waals surface area (Å²) in [5.41, 5.74) is 1.30. The first-order valence-corrected chi connectivity index (χ1v) is 8.73. The number of carbonyl (C=O) groups excluding carboxylic acids is 1. The van der Waals surface area contributed by atoms with Crippen LogP contribution in [0.5, 0.6) is 5.75 Å². The average molecular weight is 350 g/mol. The number of amides is 1. The van der Waals surface area contributed by atoms with Crippen molar-refractivity contribution in [3.63, 3.8) is 0 Å². The molecule has 0 radical (unpaired) electrons. The molecular weight excluding hydrogens is 335 g/mol. The zero-order valence-corrected chi connectivity index (χ0v) is 13.4. The van der Waals surface area contributed by atoms with Crippen LogP contribution in [0.2, 0.25) is 0 Å². The van der Waals surface area contributed by atoms with Crippen LogP contribution in [-0.2, 0) is 21.2 Å². The molecule has 0 aliphatic carbocycles. The molecule has 126 valence electrons. The molecule has 24 heavy (non-hydrogen) atoms. The molecule has 2 aromatic rings. The number of ether oxygens (including phenoxy) is 1. The summed E-state index contributed by atoms with van der Waals surface area (Å²) >= 11 is 0. The molecule has 0 unspecified atom stereocenters. The molecule has 0 aromatic heterocycles. The van der Waals surface area contributed by atoms with Gasteiger partial charge in [0.1, 0.15) is 18.2 Å². The van der Waals surface area contributed by atoms with Crippen LogP contribution in [0, 0.1) is 5.82 Å². The number of anilines is 1. The molecule has 3 rings (SSSR count). The lowest BCUT2D eigenvalue weighted by Gasteiger charge is -2.09. The zero-order valence-electron chi connectivity index (χ0n) is 12.6. The quantitative estimate of drug-likeness (QED) is 0.777. The third-order valence-electron chi connectivity index (χ3n) is 3.49. The Morgan fingerprint density at radius 3 is 2.67 bits per heavy atom. The second kappa shape index (κ2) is 6.58. The summed E-state index contributed by atoms with van der Waals surface area (Å²) in [6, 6.07) is 9.95. The summed E-state index contributed by atoms with van der Waals surface area (Å²) in [6.45, 7) is 0.170. The molecule has 0 fully saturated rings. The normalized spacial score (nSPS) is 13.5. The maximum atomic E-state index is 12.8. The first-order valence-electron chi connectivity index (χ1n) is 7.25. The van der Waals surface area contributed by atoms with Gasteiger partial charge in [0, 0.05) is 12.2 Å². The van der Waals surface area contributed by atoms with Crippen molar-refractivity contribution in [2.75, 3.05) is 18.5 Å². The Morgan fingerprint density at radius 1 is 1.17 bits per heavy atom. The molecule has 2 N–H and O–H groups in total. The van der Waals surface area contributed by atoms with E-state index in [0.29, 0.717) is 17.0 Å². The second-order valence-corrected chi connectivity index (χ2v) is 7.01. The number of fused-ring (bicyclic) bond motifs is 1. The van der Waals surface area contributed by atoms with Gasteiger partial charge in [-0.15, -0.1) is 0 Å². The lowest BCUT2D eigenvalue weighted by atomic mass is 10.2. The fourth-order valence-corrected chi connectivity index (χ4v) is 3.40. The van der Waals surface area contributed by atoms with Crippen molar-refractivity contribution >= 4 is 21.6 Å². The van der Waals surface area contributed by atoms with E-state index < -0.39 is 10.0 Å². The molecule has 0 saturated heterocycles. The van der Waals surface area contributed by atoms with Gasteiger partial charge in [-0.1, -0.05) is 0 Å². The van der Waals surface area contributed by atoms with Crippen LogP contribution in [0.15, 0.2) is 47.4 Å². The molecule has 0 atom stereocenters. The fraction of sp³-hybridized carbons (Fsp3) is 0.188. The van der Waals surface area contributed by atoms with Crippen molar-refractivity contribution in [2.24, 2.45) is 0 Å². The zero-order chi connectivity index (χ0) is 17.2. The van der Waals surface area contributed by atoms with Crippen LogP contribution in [0.4, 0.5) is 10.1 Å². The number of rotatable bonds is 6. The van der Waals surface area contributed by atoms with Gasteiger partial charge in [0.25, 0.3) is 0 Å². The SMILES string of the molecule is O=C1Cc2cc(S(=O)(=O)NCCOc3ccc(F)cc3)ccc2N1. The minimum Gasteiger partial charge on any atom is -0.492 e. The van der Waals surface area contributed by atoms with E-state index >= 15 is 0 Å². The maximum Gasteiger partial charge on any atom is 0.240 e. The van der Waals surface area contributed by atoms with Gasteiger partial charge in [-0.05, 0) is 48.0 Å². The largest absolute Gasteiger partial charge is 0.492 e. The van der Waals surface area contributed by atoms with Crippen molar-refractivity contribution in [1.29, 1.82) is 0 Å². The Morgan fingerprint density at radius 2 is 1.92 bits per heavy atom. The van der Waals surface area contributed by atoms with Gasteiger partial charge >= 0.3 is 0 Å². The summed E-state index contributed by atoms with van der Waals surface area (Å²) in [7, 11) is -3.69. The minimum absolute atomic E-state index is 0.0635. The third-order valence-corrected chi connectivity index (χ3v) is 4.95. The Balaban J connectivity index is 1.57. The highest BCUT2D eigenvalue weighted by molar-refractivity contribution is 7.89. The molecule has 1 aliphatic heterocycles. The Hall–Kier alpha value is -2.45. The third kappa shape index (κ3) is 3.72. The van der Waals surface area contributed by atoms with Crippen LogP contribution in [0.1, 0.15) is 5.56 Å². The lowest BCUT2D eigenvalue weighted by Crippen LogP contribution is -2.28. The van der Waals surface area contributed by atoms with Crippen molar-refractivity contribution in [2.45, 2.75) is 11.3 Å². The van der Waals surface area contributed by atoms with E-state index in [1.54, 1.807) is 6.07 Å². The molecule has 1 amide bonds. The van der Waals surface area contributed by atoms with E-state index in [4.69, 9.17) is 4.74 Å². The van der Waals surface area contributed by atoms with Crippen molar-refractivity contribution in [1.82, 2.24) is 4.72 Å². The Labute approximate surface area is 138 Å². The van der Waals surface area contributed by atoms with E-state index in [1.165, 1.54) is 36.4 Å². The van der Waals surface area contributed by atoms with Gasteiger partial charge in [0.2, 0.25) is 15.9 Å². The summed E-state index contributed by atoms with van der Waals surface area (Å²) in [5, 5.41) is 2.65. The maximum absolute atomic E-state index is 12.8. The summed E-state index contributed by atoms with van der Waals surface area (Å²) in [6.07, 6.45) is 0.173. The van der Waals surface area contributed by atoms with Gasteiger partial charge in [-0.25, -0.2) is 17.5 Å². The average Bonchev–Trinajstić information content (AvgIpc) is 2.92. The highest BCUT2D eigenvalue weighted by atomic mass is 32.2. The number of hydrogen-bond acceptors (Lipinski definition) is 4. The number of halogens is 1. The molecule has 1 aliphatic rings. The number of nitrogens with one attached hydrogen (secondary N) is 2. The molecule has 8 heteroatoms. The van der Waals surface area contributed by atoms with Gasteiger partial charge in [-0.2, -0.15) is 0 Å². The van der Waals surface area contributed by atoms with Crippen LogP contribution in [-0.4, -0.2) is 27.5 Å². The van der Waals surface area contributed by atoms with Crippen LogP contribution < -0.4 is 14.8 Å². The van der Waals surface area contributed by atoms with Gasteiger partial charge in [0.05, 0.1) is 11.3 Å². The van der Waals surface area contributed by atoms with Gasteiger partial charge < -0.3 is 10.1 Å². The number of sulfonamides is 1. The van der Waals surface area contributed by atoms with Crippen LogP contribution in [0.3, 0.4) is 0 Å². The van der Waals surface area contributed by atoms with Gasteiger partial charge in [0.15, 0.2) is 0 Å². The van der Waals surface area contributed by atoms with E-state index in [9.17, 15) is 17.6 Å². The van der Waals surface area contributed by atoms with E-state index in [-0.39, 0.29) is 36.2 Å². The smallest absolute Gasteiger partial charge is 0.240 e. The summed E-state index contributed by atoms with van der Waals surface area (Å²) in [5.74, 6) is -0.0643. The molecular formula is C16H15FN2O4S. The van der Waals surface area contributed by atoms with Crippen molar-refractivity contribution < 1.29 is 22.3 Å². The van der Waals surface area contributed by atoms with Crippen molar-refractivity contribution in [3.8, 4) is 5.75 Å². The highest BCUT2D eigenvalue weighted by Crippen LogP contribution is 2.25. The predicted molar refractivity (Wildman–Crippen MR) is 85.9 cm³/mol. The van der Waals surface area contributed by atoms with Crippen LogP contribution >= 0.6 is 0 Å². The molecule has 0 saturated carbocycles. The van der Waals surface area contributed by atoms with E-state index in [1.807, 2.05) is 0 Å². The number of carbonyl (C=O) groups is 1. The predicted octanol–water partition coefficient (Wildman–Crippen LogP) is 1.68. The molecule has 1 heterocycles. The lowest BCUT2D eigenvalue weighted by molar-refractivity contribution is -0.115. The number of hydrogen-bond donors (Lipinski definition) is 2. The van der Waals surface area contributed by atoms with Gasteiger partial charge in [-0.3, -0.25) is 4.79 Å². The standard InChI is InChI=1S/C16H15FN2O4S/c17-12-1-3-13(4-2-12)23-8-7-18-24(21,22)14-5-6-15-11(9-14)10-16(20)19-15/h1-6,9,18H,7-8,10H2,(H,19,20). The number of benzene rings is 2. The molecule has 0 spiro atoms. The van der Waals surface area contributed by atoms with E-state index in [0.717, 1.165) is 0 Å². The van der Waals surface area contributed by atoms with Crippen LogP contribution in [0.25, 0.3) is 0 Å². The molecule has 6 nitrogen and oxygen atoms in total. The summed E-state index contributed by atoms with van der Waals surface area (Å²) in [4.78, 5) is 11.4.